The van der Waals surface area contributed by atoms with Gasteiger partial charge in [0.05, 0.1) is 17.4 Å². The van der Waals surface area contributed by atoms with Crippen LogP contribution in [0.2, 0.25) is 0 Å². The predicted molar refractivity (Wildman–Crippen MR) is 121 cm³/mol. The molecule has 1 amide bonds. The molecular weight excluding hydrogens is 465 g/mol. The van der Waals surface area contributed by atoms with Crippen molar-refractivity contribution in [1.82, 2.24) is 14.7 Å². The van der Waals surface area contributed by atoms with Crippen LogP contribution in [0.5, 0.6) is 5.75 Å². The summed E-state index contributed by atoms with van der Waals surface area (Å²) in [5, 5.41) is 21.0. The van der Waals surface area contributed by atoms with Crippen molar-refractivity contribution in [3.05, 3.63) is 77.6 Å². The highest BCUT2D eigenvalue weighted by atomic mass is 19.4. The molecule has 1 aliphatic heterocycles. The Labute approximate surface area is 199 Å². The molecule has 11 heteroatoms. The Bertz CT molecular complexity index is 1170. The predicted octanol–water partition coefficient (Wildman–Crippen LogP) is 3.69. The fourth-order valence-corrected chi connectivity index (χ4v) is 3.90. The number of phenolic OH excluding ortho intramolecular Hbond substituents is 1. The van der Waals surface area contributed by atoms with Crippen LogP contribution in [0.25, 0.3) is 5.69 Å². The van der Waals surface area contributed by atoms with Gasteiger partial charge >= 0.3 is 12.1 Å². The van der Waals surface area contributed by atoms with Crippen molar-refractivity contribution >= 4 is 11.9 Å². The van der Waals surface area contributed by atoms with E-state index in [9.17, 15) is 23.1 Å². The number of carbonyl (C=O) groups is 2. The summed E-state index contributed by atoms with van der Waals surface area (Å²) in [6.07, 6.45) is 0.0853. The maximum Gasteiger partial charge on any atom is 0.490 e. The monoisotopic (exact) mass is 490 g/mol. The third-order valence-corrected chi connectivity index (χ3v) is 5.66. The first kappa shape index (κ1) is 25.8. The molecule has 1 aliphatic rings. The van der Waals surface area contributed by atoms with Gasteiger partial charge < -0.3 is 20.8 Å². The van der Waals surface area contributed by atoms with Gasteiger partial charge in [-0.3, -0.25) is 4.79 Å². The Kier molecular flexibility index (Phi) is 8.13. The number of likely N-dealkylation sites (tertiary alicyclic amines) is 1. The van der Waals surface area contributed by atoms with Crippen LogP contribution in [-0.4, -0.2) is 56.0 Å². The molecule has 8 nitrogen and oxygen atoms in total. The van der Waals surface area contributed by atoms with Gasteiger partial charge in [-0.25, -0.2) is 9.48 Å². The fraction of sp³-hybridized carbons (Fsp3) is 0.292. The zero-order chi connectivity index (χ0) is 25.6. The van der Waals surface area contributed by atoms with Crippen molar-refractivity contribution in [3.8, 4) is 11.4 Å². The van der Waals surface area contributed by atoms with Crippen LogP contribution in [0.1, 0.15) is 40.2 Å². The standard InChI is InChI=1S/C22H24N4O2.C2HF3O2/c23-13-17-4-1-2-7-21(17)16-8-10-25(11-9-16)22(28)18-14-24-26(15-18)19-5-3-6-20(27)12-19;3-2(4,5)1(6)7/h1-7,12,14-16,27H,8-11,13,23H2;(H,6,7). The smallest absolute Gasteiger partial charge is 0.490 e. The molecular formula is C24H25F3N4O4. The molecule has 4 N–H and O–H groups in total. The summed E-state index contributed by atoms with van der Waals surface area (Å²) in [7, 11) is 0. The van der Waals surface area contributed by atoms with Crippen LogP contribution in [0.4, 0.5) is 13.2 Å². The number of aliphatic carboxylic acids is 1. The molecule has 3 aromatic rings. The van der Waals surface area contributed by atoms with Crippen molar-refractivity contribution in [3.63, 3.8) is 0 Å². The van der Waals surface area contributed by atoms with Crippen LogP contribution >= 0.6 is 0 Å². The second kappa shape index (κ2) is 11.0. The number of hydrogen-bond acceptors (Lipinski definition) is 5. The molecule has 4 rings (SSSR count). The Balaban J connectivity index is 0.000000429. The Morgan fingerprint density at radius 1 is 1.09 bits per heavy atom. The van der Waals surface area contributed by atoms with Crippen molar-refractivity contribution in [2.24, 2.45) is 5.73 Å². The number of halogens is 3. The molecule has 0 bridgehead atoms. The number of nitrogens with two attached hydrogens (primary N) is 1. The molecule has 0 spiro atoms. The van der Waals surface area contributed by atoms with Crippen molar-refractivity contribution in [1.29, 1.82) is 0 Å². The number of carboxylic acids is 1. The second-order valence-electron chi connectivity index (χ2n) is 7.97. The number of benzene rings is 2. The second-order valence-corrected chi connectivity index (χ2v) is 7.97. The molecule has 1 saturated heterocycles. The van der Waals surface area contributed by atoms with Gasteiger partial charge in [0.2, 0.25) is 0 Å². The SMILES string of the molecule is NCc1ccccc1C1CCN(C(=O)c2cnn(-c3cccc(O)c3)c2)CC1.O=C(O)C(F)(F)F. The fourth-order valence-electron chi connectivity index (χ4n) is 3.90. The average Bonchev–Trinajstić information content (AvgIpc) is 3.34. The Morgan fingerprint density at radius 3 is 2.34 bits per heavy atom. The number of aromatic nitrogens is 2. The molecule has 1 aromatic heterocycles. The molecule has 0 unspecified atom stereocenters. The average molecular weight is 490 g/mol. The topological polar surface area (TPSA) is 122 Å². The van der Waals surface area contributed by atoms with Gasteiger partial charge in [0.1, 0.15) is 5.75 Å². The van der Waals surface area contributed by atoms with E-state index in [2.05, 4.69) is 23.3 Å². The van der Waals surface area contributed by atoms with Crippen LogP contribution in [0.3, 0.4) is 0 Å². The van der Waals surface area contributed by atoms with Gasteiger partial charge in [-0.1, -0.05) is 30.3 Å². The van der Waals surface area contributed by atoms with E-state index in [1.54, 1.807) is 35.3 Å². The molecule has 0 atom stereocenters. The third-order valence-electron chi connectivity index (χ3n) is 5.66. The summed E-state index contributed by atoms with van der Waals surface area (Å²) >= 11 is 0. The van der Waals surface area contributed by atoms with Gasteiger partial charge in [-0.15, -0.1) is 0 Å². The van der Waals surface area contributed by atoms with E-state index in [0.29, 0.717) is 18.0 Å². The number of nitrogens with zero attached hydrogens (tertiary/aromatic N) is 3. The summed E-state index contributed by atoms with van der Waals surface area (Å²) in [5.41, 5.74) is 9.66. The van der Waals surface area contributed by atoms with Gasteiger partial charge in [0, 0.05) is 31.9 Å². The van der Waals surface area contributed by atoms with E-state index in [1.165, 1.54) is 11.1 Å². The number of carbonyl (C=O) groups excluding carboxylic acids is 1. The number of carboxylic acid groups (broad SMARTS) is 1. The zero-order valence-corrected chi connectivity index (χ0v) is 18.7. The van der Waals surface area contributed by atoms with E-state index in [1.807, 2.05) is 17.0 Å². The maximum absolute atomic E-state index is 12.9. The third kappa shape index (κ3) is 6.60. The van der Waals surface area contributed by atoms with Crippen molar-refractivity contribution < 1.29 is 33.0 Å². The number of aromatic hydroxyl groups is 1. The largest absolute Gasteiger partial charge is 0.508 e. The van der Waals surface area contributed by atoms with Gasteiger partial charge in [0.25, 0.3) is 5.91 Å². The van der Waals surface area contributed by atoms with Gasteiger partial charge in [-0.05, 0) is 42.0 Å². The number of alkyl halides is 3. The lowest BCUT2D eigenvalue weighted by molar-refractivity contribution is -0.192. The number of phenols is 1. The molecule has 2 aromatic carbocycles. The van der Waals surface area contributed by atoms with E-state index >= 15 is 0 Å². The minimum Gasteiger partial charge on any atom is -0.508 e. The molecule has 0 radical (unpaired) electrons. The van der Waals surface area contributed by atoms with Crippen LogP contribution in [0, 0.1) is 0 Å². The summed E-state index contributed by atoms with van der Waals surface area (Å²) in [4.78, 5) is 23.7. The minimum atomic E-state index is -5.08. The van der Waals surface area contributed by atoms with Crippen LogP contribution in [0.15, 0.2) is 60.9 Å². The molecule has 1 fully saturated rings. The number of piperidine rings is 1. The number of hydrogen-bond donors (Lipinski definition) is 3. The quantitative estimate of drug-likeness (QED) is 0.513. The van der Waals surface area contributed by atoms with Crippen LogP contribution < -0.4 is 5.73 Å². The highest BCUT2D eigenvalue weighted by Crippen LogP contribution is 2.31. The lowest BCUT2D eigenvalue weighted by atomic mass is 9.86. The van der Waals surface area contributed by atoms with Crippen molar-refractivity contribution in [2.45, 2.75) is 31.5 Å². The number of rotatable bonds is 4. The molecule has 35 heavy (non-hydrogen) atoms. The van der Waals surface area contributed by atoms with E-state index in [4.69, 9.17) is 15.6 Å². The molecule has 186 valence electrons. The van der Waals surface area contributed by atoms with Crippen LogP contribution in [-0.2, 0) is 11.3 Å². The minimum absolute atomic E-state index is 0.00281. The number of amides is 1. The highest BCUT2D eigenvalue weighted by molar-refractivity contribution is 5.93. The maximum atomic E-state index is 12.9. The lowest BCUT2D eigenvalue weighted by Crippen LogP contribution is -2.38. The Hall–Kier alpha value is -3.86. The highest BCUT2D eigenvalue weighted by Gasteiger charge is 2.38. The molecule has 0 aliphatic carbocycles. The summed E-state index contributed by atoms with van der Waals surface area (Å²) in [6.45, 7) is 1.99. The zero-order valence-electron chi connectivity index (χ0n) is 18.7. The van der Waals surface area contributed by atoms with E-state index < -0.39 is 12.1 Å². The summed E-state index contributed by atoms with van der Waals surface area (Å²) < 4.78 is 33.3. The molecule has 0 saturated carbocycles. The van der Waals surface area contributed by atoms with E-state index in [-0.39, 0.29) is 11.7 Å². The first-order valence-corrected chi connectivity index (χ1v) is 10.8. The van der Waals surface area contributed by atoms with Gasteiger partial charge in [0.15, 0.2) is 0 Å². The Morgan fingerprint density at radius 2 is 1.74 bits per heavy atom. The summed E-state index contributed by atoms with van der Waals surface area (Å²) in [6, 6.07) is 15.1. The first-order valence-electron chi connectivity index (χ1n) is 10.8. The summed E-state index contributed by atoms with van der Waals surface area (Å²) in [5.74, 6) is -2.15. The molecule has 2 heterocycles. The normalized spacial score (nSPS) is 14.2. The first-order chi connectivity index (χ1) is 16.6. The van der Waals surface area contributed by atoms with Crippen molar-refractivity contribution in [2.75, 3.05) is 13.1 Å². The lowest BCUT2D eigenvalue weighted by Gasteiger charge is -2.32. The van der Waals surface area contributed by atoms with Gasteiger partial charge in [-0.2, -0.15) is 18.3 Å². The van der Waals surface area contributed by atoms with E-state index in [0.717, 1.165) is 31.6 Å².